The summed E-state index contributed by atoms with van der Waals surface area (Å²) >= 11 is 0. The van der Waals surface area contributed by atoms with Crippen LogP contribution in [0.15, 0.2) is 43.0 Å². The zero-order chi connectivity index (χ0) is 22.1. The average Bonchev–Trinajstić information content (AvgIpc) is 3.33. The quantitative estimate of drug-likeness (QED) is 0.323. The number of aliphatic hydroxyl groups is 1. The summed E-state index contributed by atoms with van der Waals surface area (Å²) < 4.78 is 3.69. The summed E-state index contributed by atoms with van der Waals surface area (Å²) in [5, 5.41) is 23.4. The Balaban J connectivity index is 1.61. The number of nitrogens with two attached hydrogens (primary N) is 1. The lowest BCUT2D eigenvalue weighted by atomic mass is 9.99. The molecule has 9 heteroatoms. The van der Waals surface area contributed by atoms with Crippen molar-refractivity contribution in [2.24, 2.45) is 13.0 Å². The normalized spacial score (nSPS) is 18.3. The Hall–Kier alpha value is -3.59. The highest BCUT2D eigenvalue weighted by atomic mass is 16.3. The van der Waals surface area contributed by atoms with Crippen molar-refractivity contribution >= 4 is 23.4 Å². The van der Waals surface area contributed by atoms with Gasteiger partial charge in [-0.15, -0.1) is 0 Å². The molecule has 0 saturated carbocycles. The molecular weight excluding hydrogens is 392 g/mol. The predicted octanol–water partition coefficient (Wildman–Crippen LogP) is 1.02. The van der Waals surface area contributed by atoms with Gasteiger partial charge in [0.15, 0.2) is 0 Å². The number of nitrogens with one attached hydrogen (secondary N) is 1. The summed E-state index contributed by atoms with van der Waals surface area (Å²) in [6.45, 7) is 1.14. The zero-order valence-electron chi connectivity index (χ0n) is 17.9. The standard InChI is InChI=1S/C22H27N8O/c1-28(2)9-16-11-30(12-20(16)31)21-7-19(25-13-26-21)22(24)17-6-14(4-5-18(17)23)15-8-27-29(3)10-15/h4-10,13,16,20,24,31H,11-12,23H2,1-3H3/q+1. The van der Waals surface area contributed by atoms with Crippen LogP contribution in [0.4, 0.5) is 11.5 Å². The molecule has 4 rings (SSSR count). The Labute approximate surface area is 181 Å². The minimum absolute atomic E-state index is 0.0275. The molecule has 1 aliphatic rings. The molecule has 1 fully saturated rings. The number of aryl methyl sites for hydroxylation is 1. The monoisotopic (exact) mass is 419 g/mol. The molecule has 0 aliphatic carbocycles. The van der Waals surface area contributed by atoms with Crippen molar-refractivity contribution < 1.29 is 9.68 Å². The molecule has 2 atom stereocenters. The Morgan fingerprint density at radius 2 is 2.03 bits per heavy atom. The van der Waals surface area contributed by atoms with E-state index in [0.29, 0.717) is 35.9 Å². The first-order chi connectivity index (χ1) is 14.8. The molecule has 9 nitrogen and oxygen atoms in total. The highest BCUT2D eigenvalue weighted by molar-refractivity contribution is 6.13. The third-order valence-corrected chi connectivity index (χ3v) is 5.42. The van der Waals surface area contributed by atoms with Crippen LogP contribution in [0, 0.1) is 11.3 Å². The van der Waals surface area contributed by atoms with Gasteiger partial charge in [0.1, 0.15) is 32.5 Å². The van der Waals surface area contributed by atoms with E-state index in [1.54, 1.807) is 23.0 Å². The number of β-amino-alcohol motifs (C(OH)–C–C–N with tert-alkyl or cyclic N) is 1. The number of nitrogen functional groups attached to an aromatic ring is 1. The summed E-state index contributed by atoms with van der Waals surface area (Å²) in [7, 11) is 5.76. The van der Waals surface area contributed by atoms with Crippen LogP contribution in [-0.2, 0) is 7.05 Å². The minimum Gasteiger partial charge on any atom is -0.398 e. The van der Waals surface area contributed by atoms with Crippen molar-refractivity contribution in [2.45, 2.75) is 6.10 Å². The van der Waals surface area contributed by atoms with Gasteiger partial charge in [-0.05, 0) is 17.7 Å². The molecule has 31 heavy (non-hydrogen) atoms. The van der Waals surface area contributed by atoms with Gasteiger partial charge in [-0.2, -0.15) is 5.10 Å². The Morgan fingerprint density at radius 3 is 2.74 bits per heavy atom. The van der Waals surface area contributed by atoms with Crippen LogP contribution < -0.4 is 10.6 Å². The third-order valence-electron chi connectivity index (χ3n) is 5.42. The molecule has 1 saturated heterocycles. The molecule has 3 aromatic rings. The summed E-state index contributed by atoms with van der Waals surface area (Å²) in [5.41, 5.74) is 9.90. The Kier molecular flexibility index (Phi) is 5.51. The van der Waals surface area contributed by atoms with Gasteiger partial charge in [-0.1, -0.05) is 6.07 Å². The second-order valence-corrected chi connectivity index (χ2v) is 8.09. The first-order valence-electron chi connectivity index (χ1n) is 10.1. The number of rotatable bonds is 5. The first kappa shape index (κ1) is 20.7. The van der Waals surface area contributed by atoms with E-state index in [1.165, 1.54) is 6.33 Å². The maximum absolute atomic E-state index is 10.4. The predicted molar refractivity (Wildman–Crippen MR) is 121 cm³/mol. The van der Waals surface area contributed by atoms with E-state index >= 15 is 0 Å². The molecule has 1 aromatic carbocycles. The van der Waals surface area contributed by atoms with Crippen molar-refractivity contribution in [2.75, 3.05) is 37.8 Å². The van der Waals surface area contributed by atoms with Crippen LogP contribution in [-0.4, -0.2) is 74.6 Å². The number of aliphatic hydroxyl groups excluding tert-OH is 1. The minimum atomic E-state index is -0.466. The topological polar surface area (TPSA) is 120 Å². The fourth-order valence-electron chi connectivity index (χ4n) is 3.85. The van der Waals surface area contributed by atoms with E-state index in [-0.39, 0.29) is 11.6 Å². The average molecular weight is 420 g/mol. The Morgan fingerprint density at radius 1 is 1.23 bits per heavy atom. The van der Waals surface area contributed by atoms with Crippen LogP contribution >= 0.6 is 0 Å². The van der Waals surface area contributed by atoms with Gasteiger partial charge < -0.3 is 15.7 Å². The van der Waals surface area contributed by atoms with Gasteiger partial charge in [0.2, 0.25) is 0 Å². The molecule has 0 spiro atoms. The zero-order valence-corrected chi connectivity index (χ0v) is 17.9. The lowest BCUT2D eigenvalue weighted by molar-refractivity contribution is -0.462. The van der Waals surface area contributed by atoms with Crippen LogP contribution in [0.25, 0.3) is 11.1 Å². The van der Waals surface area contributed by atoms with E-state index in [9.17, 15) is 5.11 Å². The van der Waals surface area contributed by atoms with Crippen molar-refractivity contribution in [3.8, 4) is 11.1 Å². The summed E-state index contributed by atoms with van der Waals surface area (Å²) in [6.07, 6.45) is 6.70. The molecule has 0 radical (unpaired) electrons. The second-order valence-electron chi connectivity index (χ2n) is 8.09. The van der Waals surface area contributed by atoms with E-state index in [2.05, 4.69) is 15.1 Å². The van der Waals surface area contributed by atoms with Crippen LogP contribution in [0.2, 0.25) is 0 Å². The van der Waals surface area contributed by atoms with E-state index in [1.807, 2.05) is 55.2 Å². The summed E-state index contributed by atoms with van der Waals surface area (Å²) in [6, 6.07) is 7.38. The van der Waals surface area contributed by atoms with Gasteiger partial charge >= 0.3 is 0 Å². The molecule has 0 amide bonds. The smallest absolute Gasteiger partial charge is 0.146 e. The lowest BCUT2D eigenvalue weighted by Gasteiger charge is -2.17. The number of hydrogen-bond donors (Lipinski definition) is 3. The maximum Gasteiger partial charge on any atom is 0.146 e. The van der Waals surface area contributed by atoms with Crippen LogP contribution in [0.5, 0.6) is 0 Å². The molecule has 3 heterocycles. The number of hydrogen-bond acceptors (Lipinski definition) is 7. The maximum atomic E-state index is 10.4. The number of aromatic nitrogens is 4. The summed E-state index contributed by atoms with van der Waals surface area (Å²) in [4.78, 5) is 10.7. The van der Waals surface area contributed by atoms with E-state index in [0.717, 1.165) is 11.1 Å². The molecule has 160 valence electrons. The lowest BCUT2D eigenvalue weighted by Crippen LogP contribution is -2.23. The van der Waals surface area contributed by atoms with Gasteiger partial charge in [0.25, 0.3) is 0 Å². The van der Waals surface area contributed by atoms with Gasteiger partial charge in [0, 0.05) is 49.2 Å². The molecule has 2 aromatic heterocycles. The molecule has 2 unspecified atom stereocenters. The van der Waals surface area contributed by atoms with E-state index < -0.39 is 6.10 Å². The van der Waals surface area contributed by atoms with Gasteiger partial charge in [0.05, 0.1) is 29.6 Å². The van der Waals surface area contributed by atoms with E-state index in [4.69, 9.17) is 11.1 Å². The Bertz CT molecular complexity index is 1150. The SMILES string of the molecule is Cn1cc(-c2ccc(N)c(C(=N)c3cc(N4CC(O)C(C=[N+](C)C)C4)ncn3)c2)cn1. The summed E-state index contributed by atoms with van der Waals surface area (Å²) in [5.74, 6) is 0.713. The largest absolute Gasteiger partial charge is 0.398 e. The third kappa shape index (κ3) is 4.31. The van der Waals surface area contributed by atoms with Crippen molar-refractivity contribution in [1.29, 1.82) is 5.41 Å². The van der Waals surface area contributed by atoms with Crippen LogP contribution in [0.1, 0.15) is 11.3 Å². The van der Waals surface area contributed by atoms with Crippen LogP contribution in [0.3, 0.4) is 0 Å². The molecule has 4 N–H and O–H groups in total. The first-order valence-corrected chi connectivity index (χ1v) is 10.1. The fraction of sp³-hybridized carbons (Fsp3) is 0.318. The molecular formula is C22H27N8O+. The van der Waals surface area contributed by atoms with Crippen molar-refractivity contribution in [3.63, 3.8) is 0 Å². The molecule has 0 bridgehead atoms. The van der Waals surface area contributed by atoms with Crippen molar-refractivity contribution in [3.05, 3.63) is 54.2 Å². The second kappa shape index (κ2) is 8.27. The molecule has 1 aliphatic heterocycles. The number of benzene rings is 1. The van der Waals surface area contributed by atoms with Gasteiger partial charge in [-0.25, -0.2) is 14.5 Å². The van der Waals surface area contributed by atoms with Gasteiger partial charge in [-0.3, -0.25) is 10.1 Å². The highest BCUT2D eigenvalue weighted by Gasteiger charge is 2.33. The highest BCUT2D eigenvalue weighted by Crippen LogP contribution is 2.26. The number of anilines is 2. The van der Waals surface area contributed by atoms with Crippen molar-refractivity contribution in [1.82, 2.24) is 19.7 Å². The fourth-order valence-corrected chi connectivity index (χ4v) is 3.85. The number of nitrogens with zero attached hydrogens (tertiary/aromatic N) is 6.